The molecule has 0 rings (SSSR count). The standard InChI is InChI=1S/C3H7ClO3S.ClH/c1-2-3(4)8(5,6)7;/h3H,2H2,1H3,(H,5,6,7);1H. The van der Waals surface area contributed by atoms with E-state index < -0.39 is 14.8 Å². The van der Waals surface area contributed by atoms with Crippen LogP contribution in [-0.4, -0.2) is 17.7 Å². The molecule has 0 saturated heterocycles. The molecule has 0 radical (unpaired) electrons. The van der Waals surface area contributed by atoms with Gasteiger partial charge in [0.05, 0.1) is 0 Å². The lowest BCUT2D eigenvalue weighted by Crippen LogP contribution is -2.11. The summed E-state index contributed by atoms with van der Waals surface area (Å²) in [6, 6.07) is 0. The van der Waals surface area contributed by atoms with Crippen LogP contribution in [0.4, 0.5) is 0 Å². The maximum absolute atomic E-state index is 9.99. The fourth-order valence-corrected chi connectivity index (χ4v) is 0.632. The summed E-state index contributed by atoms with van der Waals surface area (Å²) in [7, 11) is -3.99. The predicted molar refractivity (Wildman–Crippen MR) is 38.7 cm³/mol. The minimum absolute atomic E-state index is 0. The summed E-state index contributed by atoms with van der Waals surface area (Å²) in [6.45, 7) is 1.57. The van der Waals surface area contributed by atoms with E-state index in [1.54, 1.807) is 6.92 Å². The number of hydrogen-bond donors (Lipinski definition) is 1. The molecule has 0 fully saturated rings. The molecular weight excluding hydrogens is 187 g/mol. The van der Waals surface area contributed by atoms with Crippen LogP contribution in [0.1, 0.15) is 13.3 Å². The molecule has 0 aliphatic rings. The summed E-state index contributed by atoms with van der Waals surface area (Å²) in [5.41, 5.74) is 0. The van der Waals surface area contributed by atoms with Crippen molar-refractivity contribution in [2.45, 2.75) is 18.1 Å². The molecule has 0 aromatic heterocycles. The van der Waals surface area contributed by atoms with Crippen LogP contribution in [0.3, 0.4) is 0 Å². The van der Waals surface area contributed by atoms with Gasteiger partial charge in [-0.15, -0.1) is 24.0 Å². The second-order valence-corrected chi connectivity index (χ2v) is 3.72. The molecule has 0 saturated carbocycles. The van der Waals surface area contributed by atoms with E-state index >= 15 is 0 Å². The molecule has 0 bridgehead atoms. The van der Waals surface area contributed by atoms with Crippen molar-refractivity contribution in [1.29, 1.82) is 0 Å². The van der Waals surface area contributed by atoms with Crippen LogP contribution >= 0.6 is 24.0 Å². The van der Waals surface area contributed by atoms with E-state index in [4.69, 9.17) is 16.2 Å². The van der Waals surface area contributed by atoms with E-state index in [0.717, 1.165) is 0 Å². The third-order valence-corrected chi connectivity index (χ3v) is 2.61. The average Bonchev–Trinajstić information content (AvgIpc) is 1.62. The van der Waals surface area contributed by atoms with Gasteiger partial charge < -0.3 is 0 Å². The molecular formula is C3H8Cl2O3S. The maximum atomic E-state index is 9.99. The van der Waals surface area contributed by atoms with Crippen molar-refractivity contribution in [3.8, 4) is 0 Å². The smallest absolute Gasteiger partial charge is 0.281 e. The second-order valence-electron chi connectivity index (χ2n) is 1.33. The number of alkyl halides is 1. The molecule has 1 unspecified atom stereocenters. The van der Waals surface area contributed by atoms with Crippen LogP contribution in [0.2, 0.25) is 0 Å². The highest BCUT2D eigenvalue weighted by Crippen LogP contribution is 2.06. The molecule has 1 atom stereocenters. The third-order valence-electron chi connectivity index (χ3n) is 0.644. The Bertz CT molecular complexity index is 152. The molecule has 9 heavy (non-hydrogen) atoms. The largest absolute Gasteiger partial charge is 0.284 e. The predicted octanol–water partition coefficient (Wildman–Crippen LogP) is 1.27. The van der Waals surface area contributed by atoms with Crippen molar-refractivity contribution < 1.29 is 13.0 Å². The molecule has 6 heteroatoms. The van der Waals surface area contributed by atoms with E-state index in [9.17, 15) is 8.42 Å². The lowest BCUT2D eigenvalue weighted by Gasteiger charge is -1.98. The van der Waals surface area contributed by atoms with Crippen LogP contribution < -0.4 is 0 Å². The van der Waals surface area contributed by atoms with Gasteiger partial charge in [-0.1, -0.05) is 6.92 Å². The minimum Gasteiger partial charge on any atom is -0.284 e. The van der Waals surface area contributed by atoms with E-state index in [2.05, 4.69) is 0 Å². The highest BCUT2D eigenvalue weighted by Gasteiger charge is 2.15. The Morgan fingerprint density at radius 3 is 2.00 bits per heavy atom. The molecule has 0 aliphatic carbocycles. The highest BCUT2D eigenvalue weighted by atomic mass is 35.5. The van der Waals surface area contributed by atoms with Crippen LogP contribution in [-0.2, 0) is 10.1 Å². The number of rotatable bonds is 2. The van der Waals surface area contributed by atoms with Gasteiger partial charge in [-0.05, 0) is 6.42 Å². The Balaban J connectivity index is 0. The molecule has 3 nitrogen and oxygen atoms in total. The first-order valence-electron chi connectivity index (χ1n) is 2.09. The average molecular weight is 195 g/mol. The molecule has 0 amide bonds. The maximum Gasteiger partial charge on any atom is 0.281 e. The second kappa shape index (κ2) is 4.33. The van der Waals surface area contributed by atoms with Crippen LogP contribution in [0, 0.1) is 0 Å². The zero-order chi connectivity index (χ0) is 6.78. The van der Waals surface area contributed by atoms with Gasteiger partial charge in [-0.3, -0.25) is 4.55 Å². The lowest BCUT2D eigenvalue weighted by molar-refractivity contribution is 0.478. The summed E-state index contributed by atoms with van der Waals surface area (Å²) < 4.78 is 26.9. The van der Waals surface area contributed by atoms with Gasteiger partial charge in [0.1, 0.15) is 0 Å². The minimum atomic E-state index is -3.99. The monoisotopic (exact) mass is 194 g/mol. The van der Waals surface area contributed by atoms with Crippen LogP contribution in [0.15, 0.2) is 0 Å². The molecule has 1 N–H and O–H groups in total. The Labute approximate surface area is 65.6 Å². The first-order valence-corrected chi connectivity index (χ1v) is 4.02. The van der Waals surface area contributed by atoms with E-state index in [-0.39, 0.29) is 18.8 Å². The van der Waals surface area contributed by atoms with E-state index in [0.29, 0.717) is 0 Å². The van der Waals surface area contributed by atoms with Gasteiger partial charge in [-0.2, -0.15) is 8.42 Å². The quantitative estimate of drug-likeness (QED) is 0.533. The van der Waals surface area contributed by atoms with Crippen molar-refractivity contribution in [2.24, 2.45) is 0 Å². The van der Waals surface area contributed by atoms with Crippen LogP contribution in [0.25, 0.3) is 0 Å². The van der Waals surface area contributed by atoms with Crippen molar-refractivity contribution >= 4 is 34.1 Å². The SMILES string of the molecule is CCC(Cl)S(=O)(=O)O.Cl. The molecule has 0 aromatic rings. The van der Waals surface area contributed by atoms with Crippen LogP contribution in [0.5, 0.6) is 0 Å². The van der Waals surface area contributed by atoms with Crippen molar-refractivity contribution in [3.63, 3.8) is 0 Å². The number of halogens is 2. The Kier molecular flexibility index (Phi) is 5.86. The molecule has 0 spiro atoms. The Hall–Kier alpha value is 0.490. The first kappa shape index (κ1) is 12.2. The summed E-state index contributed by atoms with van der Waals surface area (Å²) in [5, 5.41) is 0. The lowest BCUT2D eigenvalue weighted by atomic mass is 10.6. The first-order chi connectivity index (χ1) is 3.48. The Morgan fingerprint density at radius 2 is 2.00 bits per heavy atom. The van der Waals surface area contributed by atoms with Crippen molar-refractivity contribution in [2.75, 3.05) is 0 Å². The van der Waals surface area contributed by atoms with Gasteiger partial charge >= 0.3 is 0 Å². The topological polar surface area (TPSA) is 54.4 Å². The van der Waals surface area contributed by atoms with Gasteiger partial charge in [0, 0.05) is 0 Å². The fraction of sp³-hybridized carbons (Fsp3) is 1.00. The highest BCUT2D eigenvalue weighted by molar-refractivity contribution is 7.87. The van der Waals surface area contributed by atoms with Gasteiger partial charge in [0.25, 0.3) is 10.1 Å². The molecule has 0 heterocycles. The summed E-state index contributed by atoms with van der Waals surface area (Å²) in [6.07, 6.45) is 0.223. The van der Waals surface area contributed by atoms with Crippen molar-refractivity contribution in [3.05, 3.63) is 0 Å². The van der Waals surface area contributed by atoms with Crippen molar-refractivity contribution in [1.82, 2.24) is 0 Å². The molecule has 0 aromatic carbocycles. The van der Waals surface area contributed by atoms with Gasteiger partial charge in [0.2, 0.25) is 0 Å². The summed E-state index contributed by atoms with van der Waals surface area (Å²) >= 11 is 5.10. The molecule has 58 valence electrons. The van der Waals surface area contributed by atoms with Gasteiger partial charge in [0.15, 0.2) is 4.71 Å². The fourth-order valence-electron chi connectivity index (χ4n) is 0.211. The zero-order valence-corrected chi connectivity index (χ0v) is 7.13. The third kappa shape index (κ3) is 4.96. The van der Waals surface area contributed by atoms with Gasteiger partial charge in [-0.25, -0.2) is 0 Å². The summed E-state index contributed by atoms with van der Waals surface area (Å²) in [5.74, 6) is 0. The van der Waals surface area contributed by atoms with E-state index in [1.807, 2.05) is 0 Å². The Morgan fingerprint density at radius 1 is 1.67 bits per heavy atom. The van der Waals surface area contributed by atoms with E-state index in [1.165, 1.54) is 0 Å². The normalized spacial score (nSPS) is 14.1. The summed E-state index contributed by atoms with van der Waals surface area (Å²) in [4.78, 5) is 0. The molecule has 0 aliphatic heterocycles. The zero-order valence-electron chi connectivity index (χ0n) is 4.74. The number of hydrogen-bond acceptors (Lipinski definition) is 2.